The van der Waals surface area contributed by atoms with Gasteiger partial charge in [0, 0.05) is 18.7 Å². The lowest BCUT2D eigenvalue weighted by atomic mass is 10.1. The zero-order valence-corrected chi connectivity index (χ0v) is 15.6. The van der Waals surface area contributed by atoms with Crippen molar-refractivity contribution in [1.82, 2.24) is 5.32 Å². The van der Waals surface area contributed by atoms with E-state index in [1.807, 2.05) is 66.7 Å². The Kier molecular flexibility index (Phi) is 7.86. The molecule has 3 rings (SSSR count). The number of hydrogen-bond donors (Lipinski definition) is 2. The van der Waals surface area contributed by atoms with Crippen LogP contribution < -0.4 is 10.1 Å². The molecule has 2 N–H and O–H groups in total. The van der Waals surface area contributed by atoms with Gasteiger partial charge < -0.3 is 15.2 Å². The largest absolute Gasteiger partial charge is 0.489 e. The Morgan fingerprint density at radius 1 is 0.815 bits per heavy atom. The molecule has 4 nitrogen and oxygen atoms in total. The third-order valence-electron chi connectivity index (χ3n) is 4.06. The zero-order valence-electron chi connectivity index (χ0n) is 14.8. The van der Waals surface area contributed by atoms with Gasteiger partial charge in [0.2, 0.25) is 0 Å². The third kappa shape index (κ3) is 6.13. The second-order valence-electron chi connectivity index (χ2n) is 5.99. The van der Waals surface area contributed by atoms with E-state index in [2.05, 4.69) is 5.32 Å². The summed E-state index contributed by atoms with van der Waals surface area (Å²) < 4.78 is 5.96. The number of carboxylic acids is 1. The molecule has 140 valence electrons. The minimum Gasteiger partial charge on any atom is -0.489 e. The highest BCUT2D eigenvalue weighted by Crippen LogP contribution is 2.19. The number of rotatable bonds is 8. The maximum absolute atomic E-state index is 10.9. The lowest BCUT2D eigenvalue weighted by Crippen LogP contribution is -2.13. The van der Waals surface area contributed by atoms with Crippen LogP contribution in [0.15, 0.2) is 78.9 Å². The third-order valence-corrected chi connectivity index (χ3v) is 4.06. The van der Waals surface area contributed by atoms with Crippen molar-refractivity contribution in [2.24, 2.45) is 0 Å². The summed E-state index contributed by atoms with van der Waals surface area (Å²) in [6.45, 7) is 1.87. The summed E-state index contributed by atoms with van der Waals surface area (Å²) in [6.07, 6.45) is 0. The summed E-state index contributed by atoms with van der Waals surface area (Å²) in [5.41, 5.74) is 3.56. The summed E-state index contributed by atoms with van der Waals surface area (Å²) in [5.74, 6) is -0.0425. The van der Waals surface area contributed by atoms with Crippen LogP contribution in [0.4, 0.5) is 0 Å². The van der Waals surface area contributed by atoms with Crippen LogP contribution in [-0.4, -0.2) is 11.1 Å². The van der Waals surface area contributed by atoms with Crippen LogP contribution in [0.5, 0.6) is 5.75 Å². The Balaban J connectivity index is 0.00000261. The predicted octanol–water partition coefficient (Wildman–Crippen LogP) is 4.68. The summed E-state index contributed by atoms with van der Waals surface area (Å²) in [4.78, 5) is 10.9. The fourth-order valence-corrected chi connectivity index (χ4v) is 2.63. The van der Waals surface area contributed by atoms with E-state index in [4.69, 9.17) is 9.84 Å². The van der Waals surface area contributed by atoms with Crippen LogP contribution in [0.1, 0.15) is 27.0 Å². The average molecular weight is 384 g/mol. The van der Waals surface area contributed by atoms with Crippen LogP contribution in [-0.2, 0) is 19.7 Å². The Hall–Kier alpha value is -2.82. The molecule has 0 unspecified atom stereocenters. The topological polar surface area (TPSA) is 58.6 Å². The number of benzene rings is 3. The van der Waals surface area contributed by atoms with Gasteiger partial charge in [-0.1, -0.05) is 60.7 Å². The first kappa shape index (κ1) is 20.5. The first-order chi connectivity index (χ1) is 12.7. The van der Waals surface area contributed by atoms with Gasteiger partial charge in [-0.2, -0.15) is 0 Å². The van der Waals surface area contributed by atoms with Crippen molar-refractivity contribution in [1.29, 1.82) is 0 Å². The van der Waals surface area contributed by atoms with Crippen molar-refractivity contribution in [2.75, 3.05) is 0 Å². The number of aromatic carboxylic acids is 1. The molecule has 0 aliphatic rings. The van der Waals surface area contributed by atoms with Gasteiger partial charge in [-0.05, 0) is 29.3 Å². The van der Waals surface area contributed by atoms with E-state index in [0.29, 0.717) is 25.3 Å². The van der Waals surface area contributed by atoms with E-state index >= 15 is 0 Å². The maximum Gasteiger partial charge on any atom is 0.335 e. The van der Waals surface area contributed by atoms with E-state index in [1.54, 1.807) is 12.1 Å². The number of carbonyl (C=O) groups is 1. The molecule has 5 heteroatoms. The molecule has 0 fully saturated rings. The summed E-state index contributed by atoms with van der Waals surface area (Å²) >= 11 is 0. The van der Waals surface area contributed by atoms with Crippen LogP contribution in [0.25, 0.3) is 0 Å². The van der Waals surface area contributed by atoms with E-state index in [1.165, 1.54) is 0 Å². The Morgan fingerprint density at radius 3 is 2.19 bits per heavy atom. The fourth-order valence-electron chi connectivity index (χ4n) is 2.63. The molecule has 0 atom stereocenters. The first-order valence-corrected chi connectivity index (χ1v) is 8.50. The molecule has 0 bridgehead atoms. The van der Waals surface area contributed by atoms with Crippen LogP contribution in [0.2, 0.25) is 0 Å². The Labute approximate surface area is 165 Å². The number of para-hydroxylation sites is 1. The normalized spacial score (nSPS) is 10.1. The number of nitrogens with one attached hydrogen (secondary N) is 1. The highest BCUT2D eigenvalue weighted by molar-refractivity contribution is 5.87. The Morgan fingerprint density at radius 2 is 1.48 bits per heavy atom. The summed E-state index contributed by atoms with van der Waals surface area (Å²) in [5, 5.41) is 12.3. The van der Waals surface area contributed by atoms with Gasteiger partial charge in [-0.15, -0.1) is 12.4 Å². The van der Waals surface area contributed by atoms with E-state index in [9.17, 15) is 4.79 Å². The molecule has 3 aromatic carbocycles. The van der Waals surface area contributed by atoms with Crippen LogP contribution >= 0.6 is 12.4 Å². The minimum atomic E-state index is -0.908. The minimum absolute atomic E-state index is 0. The van der Waals surface area contributed by atoms with Gasteiger partial charge in [0.05, 0.1) is 5.56 Å². The molecule has 0 saturated heterocycles. The second-order valence-corrected chi connectivity index (χ2v) is 5.99. The van der Waals surface area contributed by atoms with Crippen LogP contribution in [0.3, 0.4) is 0 Å². The van der Waals surface area contributed by atoms with Crippen molar-refractivity contribution < 1.29 is 14.6 Å². The Bertz CT molecular complexity index is 851. The predicted molar refractivity (Wildman–Crippen MR) is 108 cm³/mol. The van der Waals surface area contributed by atoms with Gasteiger partial charge in [0.25, 0.3) is 0 Å². The SMILES string of the molecule is Cl.O=C(O)c1ccc(CNCc2ccccc2OCc2ccccc2)cc1. The van der Waals surface area contributed by atoms with E-state index in [0.717, 1.165) is 22.4 Å². The number of ether oxygens (including phenoxy) is 1. The van der Waals surface area contributed by atoms with Gasteiger partial charge in [0.15, 0.2) is 0 Å². The fraction of sp³-hybridized carbons (Fsp3) is 0.136. The summed E-state index contributed by atoms with van der Waals surface area (Å²) in [6, 6.07) is 25.0. The van der Waals surface area contributed by atoms with Gasteiger partial charge in [-0.3, -0.25) is 0 Å². The lowest BCUT2D eigenvalue weighted by molar-refractivity contribution is 0.0697. The van der Waals surface area contributed by atoms with Crippen molar-refractivity contribution in [3.63, 3.8) is 0 Å². The molecule has 0 aliphatic carbocycles. The molecule has 3 aromatic rings. The molecule has 27 heavy (non-hydrogen) atoms. The zero-order chi connectivity index (χ0) is 18.2. The molecular formula is C22H22ClNO3. The monoisotopic (exact) mass is 383 g/mol. The van der Waals surface area contributed by atoms with Gasteiger partial charge in [0.1, 0.15) is 12.4 Å². The number of halogens is 1. The molecule has 0 aliphatic heterocycles. The maximum atomic E-state index is 10.9. The highest BCUT2D eigenvalue weighted by atomic mass is 35.5. The molecule has 0 aromatic heterocycles. The van der Waals surface area contributed by atoms with Crippen molar-refractivity contribution in [3.8, 4) is 5.75 Å². The molecule has 0 amide bonds. The number of carboxylic acid groups (broad SMARTS) is 1. The molecule has 0 saturated carbocycles. The van der Waals surface area contributed by atoms with Crippen molar-refractivity contribution in [2.45, 2.75) is 19.7 Å². The van der Waals surface area contributed by atoms with Gasteiger partial charge >= 0.3 is 5.97 Å². The van der Waals surface area contributed by atoms with Crippen LogP contribution in [0, 0.1) is 0 Å². The lowest BCUT2D eigenvalue weighted by Gasteiger charge is -2.12. The molecule has 0 radical (unpaired) electrons. The standard InChI is InChI=1S/C22H21NO3.ClH/c24-22(25)19-12-10-17(11-13-19)14-23-15-20-8-4-5-9-21(20)26-16-18-6-2-1-3-7-18;/h1-13,23H,14-16H2,(H,24,25);1H. The molecule has 0 spiro atoms. The van der Waals surface area contributed by atoms with E-state index < -0.39 is 5.97 Å². The van der Waals surface area contributed by atoms with Crippen molar-refractivity contribution in [3.05, 3.63) is 101 Å². The first-order valence-electron chi connectivity index (χ1n) is 8.50. The number of hydrogen-bond acceptors (Lipinski definition) is 3. The quantitative estimate of drug-likeness (QED) is 0.593. The smallest absolute Gasteiger partial charge is 0.335 e. The van der Waals surface area contributed by atoms with Crippen molar-refractivity contribution >= 4 is 18.4 Å². The van der Waals surface area contributed by atoms with Gasteiger partial charge in [-0.25, -0.2) is 4.79 Å². The second kappa shape index (κ2) is 10.4. The average Bonchev–Trinajstić information content (AvgIpc) is 2.68. The summed E-state index contributed by atoms with van der Waals surface area (Å²) in [7, 11) is 0. The molecular weight excluding hydrogens is 362 g/mol. The van der Waals surface area contributed by atoms with E-state index in [-0.39, 0.29) is 12.4 Å². The highest BCUT2D eigenvalue weighted by Gasteiger charge is 2.05. The molecule has 0 heterocycles.